The van der Waals surface area contributed by atoms with Crippen LogP contribution in [0.3, 0.4) is 0 Å². The molecule has 1 aliphatic heterocycles. The topological polar surface area (TPSA) is 89.9 Å². The first-order chi connectivity index (χ1) is 9.78. The number of aliphatic hydroxyl groups is 1. The van der Waals surface area contributed by atoms with Gasteiger partial charge in [0.15, 0.2) is 0 Å². The summed E-state index contributed by atoms with van der Waals surface area (Å²) in [5.74, 6) is -1.11. The average Bonchev–Trinajstić information content (AvgIpc) is 2.38. The van der Waals surface area contributed by atoms with Gasteiger partial charge < -0.3 is 20.4 Å². The Kier molecular flexibility index (Phi) is 4.39. The maximum absolute atomic E-state index is 12.1. The van der Waals surface area contributed by atoms with Crippen molar-refractivity contribution >= 4 is 29.3 Å². The van der Waals surface area contributed by atoms with Gasteiger partial charge in [0, 0.05) is 18.8 Å². The zero-order chi connectivity index (χ0) is 15.6. The molecule has 1 saturated heterocycles. The fraction of sp³-hybridized carbons (Fsp3) is 0.429. The highest BCUT2D eigenvalue weighted by Gasteiger charge is 2.29. The van der Waals surface area contributed by atoms with Crippen molar-refractivity contribution in [3.63, 3.8) is 0 Å². The molecule has 0 atom stereocenters. The van der Waals surface area contributed by atoms with Gasteiger partial charge in [-0.05, 0) is 38.0 Å². The molecule has 0 saturated carbocycles. The Morgan fingerprint density at radius 3 is 2.48 bits per heavy atom. The van der Waals surface area contributed by atoms with Gasteiger partial charge in [-0.25, -0.2) is 9.59 Å². The highest BCUT2D eigenvalue weighted by molar-refractivity contribution is 6.33. The number of aromatic carboxylic acids is 1. The minimum Gasteiger partial charge on any atom is -0.478 e. The number of carbonyl (C=O) groups is 2. The van der Waals surface area contributed by atoms with Gasteiger partial charge >= 0.3 is 12.0 Å². The molecule has 1 aromatic rings. The number of carboxylic acids is 1. The van der Waals surface area contributed by atoms with Gasteiger partial charge in [-0.3, -0.25) is 0 Å². The molecule has 0 bridgehead atoms. The number of carbonyl (C=O) groups excluding carboxylic acids is 1. The second-order valence-corrected chi connectivity index (χ2v) is 5.82. The van der Waals surface area contributed by atoms with Gasteiger partial charge in [0.25, 0.3) is 0 Å². The number of likely N-dealkylation sites (tertiary alicyclic amines) is 1. The second-order valence-electron chi connectivity index (χ2n) is 5.41. The van der Waals surface area contributed by atoms with Crippen molar-refractivity contribution in [2.24, 2.45) is 0 Å². The zero-order valence-corrected chi connectivity index (χ0v) is 12.4. The largest absolute Gasteiger partial charge is 0.478 e. The van der Waals surface area contributed by atoms with E-state index >= 15 is 0 Å². The minimum absolute atomic E-state index is 0.0105. The normalized spacial score (nSPS) is 17.4. The van der Waals surface area contributed by atoms with Gasteiger partial charge in [-0.15, -0.1) is 0 Å². The van der Waals surface area contributed by atoms with E-state index in [0.29, 0.717) is 31.6 Å². The molecular weight excluding hydrogens is 296 g/mol. The summed E-state index contributed by atoms with van der Waals surface area (Å²) in [6, 6.07) is 3.96. The van der Waals surface area contributed by atoms with Gasteiger partial charge in [0.2, 0.25) is 0 Å². The van der Waals surface area contributed by atoms with Gasteiger partial charge in [-0.1, -0.05) is 11.6 Å². The summed E-state index contributed by atoms with van der Waals surface area (Å²) in [6.07, 6.45) is 1.05. The Labute approximate surface area is 127 Å². The fourth-order valence-corrected chi connectivity index (χ4v) is 2.42. The van der Waals surface area contributed by atoms with Crippen LogP contribution in [0.25, 0.3) is 0 Å². The number of nitrogens with zero attached hydrogens (tertiary/aromatic N) is 1. The van der Waals surface area contributed by atoms with Crippen LogP contribution in [0.4, 0.5) is 10.5 Å². The number of carboxylic acid groups (broad SMARTS) is 1. The SMILES string of the molecule is CC1(O)CCN(C(=O)Nc2ccc(C(=O)O)c(Cl)c2)CC1. The van der Waals surface area contributed by atoms with E-state index in [-0.39, 0.29) is 16.6 Å². The second kappa shape index (κ2) is 5.91. The molecule has 0 unspecified atom stereocenters. The Balaban J connectivity index is 2.00. The molecule has 6 nitrogen and oxygen atoms in total. The summed E-state index contributed by atoms with van der Waals surface area (Å²) in [6.45, 7) is 2.70. The van der Waals surface area contributed by atoms with Crippen molar-refractivity contribution in [2.45, 2.75) is 25.4 Å². The molecule has 2 amide bonds. The summed E-state index contributed by atoms with van der Waals surface area (Å²) >= 11 is 5.85. The molecule has 1 fully saturated rings. The number of anilines is 1. The minimum atomic E-state index is -1.11. The first-order valence-electron chi connectivity index (χ1n) is 6.60. The third-order valence-electron chi connectivity index (χ3n) is 3.58. The third kappa shape index (κ3) is 3.86. The van der Waals surface area contributed by atoms with Gasteiger partial charge in [-0.2, -0.15) is 0 Å². The molecule has 21 heavy (non-hydrogen) atoms. The molecule has 0 aromatic heterocycles. The van der Waals surface area contributed by atoms with Crippen LogP contribution in [0.15, 0.2) is 18.2 Å². The Morgan fingerprint density at radius 2 is 1.95 bits per heavy atom. The number of benzene rings is 1. The molecule has 1 aliphatic rings. The molecule has 0 aliphatic carbocycles. The number of urea groups is 1. The molecule has 3 N–H and O–H groups in total. The van der Waals surface area contributed by atoms with Gasteiger partial charge in [0.05, 0.1) is 16.2 Å². The summed E-state index contributed by atoms with van der Waals surface area (Å²) in [5.41, 5.74) is -0.292. The quantitative estimate of drug-likeness (QED) is 0.782. The number of nitrogens with one attached hydrogen (secondary N) is 1. The predicted octanol–water partition coefficient (Wildman–Crippen LogP) is 2.42. The van der Waals surface area contributed by atoms with E-state index in [1.54, 1.807) is 11.8 Å². The number of halogens is 1. The lowest BCUT2D eigenvalue weighted by Crippen LogP contribution is -2.46. The van der Waals surface area contributed by atoms with E-state index < -0.39 is 11.6 Å². The zero-order valence-electron chi connectivity index (χ0n) is 11.6. The molecule has 0 radical (unpaired) electrons. The highest BCUT2D eigenvalue weighted by Crippen LogP contribution is 2.23. The van der Waals surface area contributed by atoms with E-state index in [1.807, 2.05) is 0 Å². The van der Waals surface area contributed by atoms with Crippen LogP contribution in [0.1, 0.15) is 30.1 Å². The number of hydrogen-bond acceptors (Lipinski definition) is 3. The molecular formula is C14H17ClN2O4. The lowest BCUT2D eigenvalue weighted by atomic mass is 9.94. The third-order valence-corrected chi connectivity index (χ3v) is 3.89. The van der Waals surface area contributed by atoms with Crippen molar-refractivity contribution < 1.29 is 19.8 Å². The maximum atomic E-state index is 12.1. The summed E-state index contributed by atoms with van der Waals surface area (Å²) in [5, 5.41) is 21.5. The first-order valence-corrected chi connectivity index (χ1v) is 6.97. The fourth-order valence-electron chi connectivity index (χ4n) is 2.16. The number of hydrogen-bond donors (Lipinski definition) is 3. The standard InChI is InChI=1S/C14H17ClN2O4/c1-14(21)4-6-17(7-5-14)13(20)16-9-2-3-10(12(18)19)11(15)8-9/h2-3,8,21H,4-7H2,1H3,(H,16,20)(H,18,19). The van der Waals surface area contributed by atoms with E-state index in [2.05, 4.69) is 5.32 Å². The van der Waals surface area contributed by atoms with Crippen molar-refractivity contribution in [3.05, 3.63) is 28.8 Å². The molecule has 7 heteroatoms. The van der Waals surface area contributed by atoms with Crippen molar-refractivity contribution in [1.82, 2.24) is 4.90 Å². The number of piperidine rings is 1. The van der Waals surface area contributed by atoms with Crippen molar-refractivity contribution in [3.8, 4) is 0 Å². The molecule has 1 aromatic carbocycles. The molecule has 0 spiro atoms. The smallest absolute Gasteiger partial charge is 0.337 e. The number of rotatable bonds is 2. The summed E-state index contributed by atoms with van der Waals surface area (Å²) in [7, 11) is 0. The molecule has 1 heterocycles. The van der Waals surface area contributed by atoms with Crippen LogP contribution in [0.5, 0.6) is 0 Å². The van der Waals surface area contributed by atoms with Gasteiger partial charge in [0.1, 0.15) is 0 Å². The maximum Gasteiger partial charge on any atom is 0.337 e. The number of amides is 2. The predicted molar refractivity (Wildman–Crippen MR) is 78.9 cm³/mol. The Bertz CT molecular complexity index is 564. The van der Waals surface area contributed by atoms with Crippen LogP contribution in [0, 0.1) is 0 Å². The van der Waals surface area contributed by atoms with E-state index in [9.17, 15) is 14.7 Å². The lowest BCUT2D eigenvalue weighted by molar-refractivity contribution is 0.00569. The van der Waals surface area contributed by atoms with E-state index in [4.69, 9.17) is 16.7 Å². The molecule has 2 rings (SSSR count). The monoisotopic (exact) mass is 312 g/mol. The first kappa shape index (κ1) is 15.6. The van der Waals surface area contributed by atoms with Crippen LogP contribution >= 0.6 is 11.6 Å². The summed E-state index contributed by atoms with van der Waals surface area (Å²) in [4.78, 5) is 24.6. The van der Waals surface area contributed by atoms with Crippen LogP contribution in [0.2, 0.25) is 5.02 Å². The van der Waals surface area contributed by atoms with E-state index in [1.165, 1.54) is 18.2 Å². The Hall–Kier alpha value is -1.79. The Morgan fingerprint density at radius 1 is 1.33 bits per heavy atom. The lowest BCUT2D eigenvalue weighted by Gasteiger charge is -2.35. The van der Waals surface area contributed by atoms with Crippen molar-refractivity contribution in [1.29, 1.82) is 0 Å². The molecule has 114 valence electrons. The highest BCUT2D eigenvalue weighted by atomic mass is 35.5. The van der Waals surface area contributed by atoms with Crippen molar-refractivity contribution in [2.75, 3.05) is 18.4 Å². The van der Waals surface area contributed by atoms with Crippen LogP contribution < -0.4 is 5.32 Å². The van der Waals surface area contributed by atoms with E-state index in [0.717, 1.165) is 0 Å². The van der Waals surface area contributed by atoms with Crippen LogP contribution in [-0.2, 0) is 0 Å². The summed E-state index contributed by atoms with van der Waals surface area (Å²) < 4.78 is 0. The van der Waals surface area contributed by atoms with Crippen LogP contribution in [-0.4, -0.2) is 45.8 Å². The average molecular weight is 313 g/mol.